The average Bonchev–Trinajstić information content (AvgIpc) is 2.52. The molecule has 0 N–H and O–H groups in total. The Kier molecular flexibility index (Phi) is 38.2. The van der Waals surface area contributed by atoms with Gasteiger partial charge in [-0.15, -0.1) is 23.8 Å². The summed E-state index contributed by atoms with van der Waals surface area (Å²) in [5.74, 6) is 0. The fourth-order valence-corrected chi connectivity index (χ4v) is 7.77. The third-order valence-electron chi connectivity index (χ3n) is 3.24. The SMILES string of the molecule is CP1CCCP(C)CCCP(C)CCC1.[C-]#[O+].[C-]#[O+].[C-]#[O+].[Mo]. The summed E-state index contributed by atoms with van der Waals surface area (Å²) in [7, 11) is 1.19. The van der Waals surface area contributed by atoms with E-state index in [1.807, 2.05) is 0 Å². The molecule has 0 saturated carbocycles. The van der Waals surface area contributed by atoms with Crippen molar-refractivity contribution in [2.45, 2.75) is 19.3 Å². The van der Waals surface area contributed by atoms with Crippen LogP contribution in [0.1, 0.15) is 19.3 Å². The fraction of sp³-hybridized carbons (Fsp3) is 0.800. The second-order valence-corrected chi connectivity index (χ2v) is 12.8. The molecule has 0 aliphatic carbocycles. The topological polar surface area (TPSA) is 59.7 Å². The predicted molar refractivity (Wildman–Crippen MR) is 93.4 cm³/mol. The Balaban J connectivity index is -0.000000206. The van der Waals surface area contributed by atoms with Crippen LogP contribution in [0.2, 0.25) is 0 Å². The van der Waals surface area contributed by atoms with E-state index < -0.39 is 0 Å². The molecule has 0 atom stereocenters. The first-order chi connectivity index (χ1) is 10.2. The molecule has 0 bridgehead atoms. The molecule has 0 aromatic heterocycles. The molecule has 0 radical (unpaired) electrons. The van der Waals surface area contributed by atoms with Crippen LogP contribution in [-0.2, 0) is 35.0 Å². The van der Waals surface area contributed by atoms with Crippen molar-refractivity contribution in [3.8, 4) is 0 Å². The molecular weight excluding hydrogens is 417 g/mol. The predicted octanol–water partition coefficient (Wildman–Crippen LogP) is 4.39. The molecule has 0 aromatic rings. The van der Waals surface area contributed by atoms with E-state index in [9.17, 15) is 0 Å². The summed E-state index contributed by atoms with van der Waals surface area (Å²) in [6.07, 6.45) is 14.0. The van der Waals surface area contributed by atoms with Crippen molar-refractivity contribution in [2.75, 3.05) is 57.0 Å². The summed E-state index contributed by atoms with van der Waals surface area (Å²) < 4.78 is 22.5. The van der Waals surface area contributed by atoms with E-state index in [-0.39, 0.29) is 21.1 Å². The molecule has 0 spiro atoms. The summed E-state index contributed by atoms with van der Waals surface area (Å²) in [4.78, 5) is 0. The van der Waals surface area contributed by atoms with Crippen molar-refractivity contribution in [2.24, 2.45) is 0 Å². The summed E-state index contributed by atoms with van der Waals surface area (Å²) in [6, 6.07) is 0. The van der Waals surface area contributed by atoms with Gasteiger partial charge in [-0.3, -0.25) is 0 Å². The van der Waals surface area contributed by atoms with Gasteiger partial charge in [-0.2, -0.15) is 0 Å². The molecule has 0 unspecified atom stereocenters. The van der Waals surface area contributed by atoms with Crippen LogP contribution in [-0.4, -0.2) is 57.0 Å². The van der Waals surface area contributed by atoms with E-state index in [1.54, 1.807) is 37.0 Å². The summed E-state index contributed by atoms with van der Waals surface area (Å²) in [5, 5.41) is 0. The van der Waals surface area contributed by atoms with Crippen molar-refractivity contribution in [1.29, 1.82) is 0 Å². The van der Waals surface area contributed by atoms with Gasteiger partial charge in [0, 0.05) is 21.1 Å². The zero-order valence-electron chi connectivity index (χ0n) is 13.8. The Labute approximate surface area is 154 Å². The van der Waals surface area contributed by atoms with Crippen molar-refractivity contribution < 1.29 is 35.0 Å². The molecule has 1 aliphatic rings. The zero-order valence-corrected chi connectivity index (χ0v) is 18.5. The van der Waals surface area contributed by atoms with E-state index in [1.165, 1.54) is 19.3 Å². The van der Waals surface area contributed by atoms with E-state index >= 15 is 0 Å². The van der Waals surface area contributed by atoms with Crippen molar-refractivity contribution >= 4 is 23.8 Å². The van der Waals surface area contributed by atoms with E-state index in [2.05, 4.69) is 39.9 Å². The fourth-order valence-electron chi connectivity index (χ4n) is 2.17. The Hall–Kier alpha value is 1.20. The molecule has 3 nitrogen and oxygen atoms in total. The first kappa shape index (κ1) is 31.0. The van der Waals surface area contributed by atoms with Gasteiger partial charge in [0.05, 0.1) is 0 Å². The zero-order chi connectivity index (χ0) is 17.1. The van der Waals surface area contributed by atoms with Gasteiger partial charge in [0.1, 0.15) is 0 Å². The molecule has 7 heteroatoms. The van der Waals surface area contributed by atoms with E-state index in [0.29, 0.717) is 23.8 Å². The molecule has 0 aromatic carbocycles. The first-order valence-electron chi connectivity index (χ1n) is 6.85. The Morgan fingerprint density at radius 2 is 0.636 bits per heavy atom. The molecule has 1 saturated heterocycles. The van der Waals surface area contributed by atoms with Gasteiger partial charge < -0.3 is 0 Å². The van der Waals surface area contributed by atoms with Crippen LogP contribution in [0.4, 0.5) is 0 Å². The minimum absolute atomic E-state index is 0. The van der Waals surface area contributed by atoms with Gasteiger partial charge >= 0.3 is 33.9 Å². The second-order valence-electron chi connectivity index (χ2n) is 4.97. The van der Waals surface area contributed by atoms with Gasteiger partial charge in [-0.05, 0) is 76.2 Å². The van der Waals surface area contributed by atoms with E-state index in [0.717, 1.165) is 0 Å². The molecule has 0 amide bonds. The molecule has 1 fully saturated rings. The van der Waals surface area contributed by atoms with Gasteiger partial charge in [0.15, 0.2) is 0 Å². The minimum Gasteiger partial charge on any atom is 0 e. The number of rotatable bonds is 0. The van der Waals surface area contributed by atoms with Crippen molar-refractivity contribution in [3.05, 3.63) is 20.0 Å². The minimum atomic E-state index is 0. The monoisotopic (exact) mass is 446 g/mol. The quantitative estimate of drug-likeness (QED) is 0.230. The summed E-state index contributed by atoms with van der Waals surface area (Å²) in [6.45, 7) is 21.1. The Morgan fingerprint density at radius 3 is 0.773 bits per heavy atom. The van der Waals surface area contributed by atoms with Crippen LogP contribution in [0.5, 0.6) is 0 Å². The Morgan fingerprint density at radius 1 is 0.500 bits per heavy atom. The number of hydrogen-bond donors (Lipinski definition) is 0. The molecule has 1 heterocycles. The summed E-state index contributed by atoms with van der Waals surface area (Å²) >= 11 is 0. The van der Waals surface area contributed by atoms with Crippen LogP contribution >= 0.6 is 23.8 Å². The Bertz CT molecular complexity index is 218. The van der Waals surface area contributed by atoms with Gasteiger partial charge in [0.25, 0.3) is 0 Å². The van der Waals surface area contributed by atoms with Crippen molar-refractivity contribution in [3.63, 3.8) is 0 Å². The maximum Gasteiger partial charge on any atom is 0 e. The van der Waals surface area contributed by atoms with Crippen LogP contribution in [0.3, 0.4) is 0 Å². The standard InChI is InChI=1S/C12H27P3.3CO.Mo/c1-13-7-4-9-14(2)11-6-12-15(3)10-5-8-13;3*1-2;/h4-12H2,1-3H3;;;;. The second kappa shape index (κ2) is 27.1. The van der Waals surface area contributed by atoms with Gasteiger partial charge in [-0.1, -0.05) is 0 Å². The van der Waals surface area contributed by atoms with Crippen LogP contribution in [0, 0.1) is 20.0 Å². The average molecular weight is 444 g/mol. The van der Waals surface area contributed by atoms with Gasteiger partial charge in [0.2, 0.25) is 0 Å². The number of hydrogen-bond acceptors (Lipinski definition) is 0. The maximum absolute atomic E-state index is 7.50. The van der Waals surface area contributed by atoms with Crippen molar-refractivity contribution in [1.82, 2.24) is 0 Å². The molecule has 1 aliphatic heterocycles. The molecular formula is C15H27MoO3P3. The van der Waals surface area contributed by atoms with Crippen LogP contribution in [0.15, 0.2) is 0 Å². The normalized spacial score (nSPS) is 25.2. The summed E-state index contributed by atoms with van der Waals surface area (Å²) in [5.41, 5.74) is 0. The maximum atomic E-state index is 7.50. The molecule has 126 valence electrons. The largest absolute Gasteiger partial charge is 0 e. The molecule has 1 rings (SSSR count). The van der Waals surface area contributed by atoms with Gasteiger partial charge in [-0.25, -0.2) is 0 Å². The van der Waals surface area contributed by atoms with Crippen LogP contribution < -0.4 is 0 Å². The third-order valence-corrected chi connectivity index (χ3v) is 9.72. The smallest absolute Gasteiger partial charge is 0 e. The van der Waals surface area contributed by atoms with Crippen LogP contribution in [0.25, 0.3) is 0 Å². The molecule has 22 heavy (non-hydrogen) atoms. The van der Waals surface area contributed by atoms with E-state index in [4.69, 9.17) is 14.0 Å². The third kappa shape index (κ3) is 23.5. The first-order valence-corrected chi connectivity index (χ1v) is 13.3.